The predicted octanol–water partition coefficient (Wildman–Crippen LogP) is 1.79. The Kier molecular flexibility index (Phi) is 3.84. The van der Waals surface area contributed by atoms with Crippen molar-refractivity contribution in [1.82, 2.24) is 10.6 Å². The Morgan fingerprint density at radius 3 is 3.12 bits per heavy atom. The van der Waals surface area contributed by atoms with E-state index < -0.39 is 0 Å². The molecule has 0 aromatic carbocycles. The number of nitrogens with one attached hydrogen (secondary N) is 2. The van der Waals surface area contributed by atoms with Crippen LogP contribution in [0.4, 0.5) is 0 Å². The average Bonchev–Trinajstić information content (AvgIpc) is 2.90. The molecule has 1 aliphatic rings. The molecule has 2 unspecified atom stereocenters. The molecule has 1 saturated heterocycles. The van der Waals surface area contributed by atoms with Crippen molar-refractivity contribution in [3.63, 3.8) is 0 Å². The summed E-state index contributed by atoms with van der Waals surface area (Å²) in [5.41, 5.74) is -0.219. The minimum Gasteiger partial charge on any atom is -0.353 e. The summed E-state index contributed by atoms with van der Waals surface area (Å²) in [7, 11) is 0. The lowest BCUT2D eigenvalue weighted by molar-refractivity contribution is -0.129. The fraction of sp³-hybridized carbons (Fsp3) is 0.615. The number of thiophene rings is 1. The molecule has 0 aliphatic carbocycles. The zero-order valence-corrected chi connectivity index (χ0v) is 11.3. The molecule has 1 aromatic rings. The van der Waals surface area contributed by atoms with Gasteiger partial charge in [0.25, 0.3) is 0 Å². The van der Waals surface area contributed by atoms with Crippen molar-refractivity contribution in [2.24, 2.45) is 5.41 Å². The Morgan fingerprint density at radius 2 is 2.53 bits per heavy atom. The van der Waals surface area contributed by atoms with Crippen molar-refractivity contribution in [2.75, 3.05) is 13.1 Å². The number of hydrogen-bond donors (Lipinski definition) is 2. The first-order valence-electron chi connectivity index (χ1n) is 6.14. The molecule has 0 spiro atoms. The molecule has 94 valence electrons. The average molecular weight is 252 g/mol. The molecule has 1 fully saturated rings. The Morgan fingerprint density at radius 1 is 1.71 bits per heavy atom. The maximum Gasteiger partial charge on any atom is 0.227 e. The Balaban J connectivity index is 1.86. The van der Waals surface area contributed by atoms with Gasteiger partial charge in [0.05, 0.1) is 5.41 Å². The molecular weight excluding hydrogens is 232 g/mol. The summed E-state index contributed by atoms with van der Waals surface area (Å²) >= 11 is 1.75. The highest BCUT2D eigenvalue weighted by Gasteiger charge is 2.36. The van der Waals surface area contributed by atoms with E-state index in [9.17, 15) is 4.79 Å². The monoisotopic (exact) mass is 252 g/mol. The molecule has 1 aliphatic heterocycles. The molecule has 17 heavy (non-hydrogen) atoms. The molecule has 2 heterocycles. The van der Waals surface area contributed by atoms with Crippen molar-refractivity contribution < 1.29 is 4.79 Å². The van der Waals surface area contributed by atoms with Gasteiger partial charge >= 0.3 is 0 Å². The van der Waals surface area contributed by atoms with Crippen LogP contribution in [0.15, 0.2) is 17.5 Å². The Bertz CT molecular complexity index is 369. The molecule has 2 rings (SSSR count). The normalized spacial score (nSPS) is 25.8. The van der Waals surface area contributed by atoms with Gasteiger partial charge in [-0.05, 0) is 38.3 Å². The maximum absolute atomic E-state index is 12.2. The van der Waals surface area contributed by atoms with Gasteiger partial charge in [0.2, 0.25) is 5.91 Å². The van der Waals surface area contributed by atoms with Gasteiger partial charge < -0.3 is 10.6 Å². The number of carbonyl (C=O) groups is 1. The van der Waals surface area contributed by atoms with Crippen molar-refractivity contribution in [3.05, 3.63) is 22.4 Å². The molecule has 4 heteroatoms. The van der Waals surface area contributed by atoms with Crippen LogP contribution in [0.25, 0.3) is 0 Å². The molecular formula is C13H20N2OS. The third-order valence-electron chi connectivity index (χ3n) is 3.38. The van der Waals surface area contributed by atoms with Gasteiger partial charge in [-0.15, -0.1) is 11.3 Å². The summed E-state index contributed by atoms with van der Waals surface area (Å²) in [5.74, 6) is 0.187. The second kappa shape index (κ2) is 5.19. The zero-order chi connectivity index (χ0) is 12.3. The van der Waals surface area contributed by atoms with Gasteiger partial charge in [0.1, 0.15) is 0 Å². The fourth-order valence-corrected chi connectivity index (χ4v) is 3.03. The smallest absolute Gasteiger partial charge is 0.227 e. The summed E-state index contributed by atoms with van der Waals surface area (Å²) in [6.45, 7) is 5.86. The first-order valence-corrected chi connectivity index (χ1v) is 7.02. The lowest BCUT2D eigenvalue weighted by Gasteiger charge is -2.24. The van der Waals surface area contributed by atoms with Gasteiger partial charge in [-0.3, -0.25) is 4.79 Å². The molecule has 3 nitrogen and oxygen atoms in total. The summed E-state index contributed by atoms with van der Waals surface area (Å²) in [4.78, 5) is 13.5. The number of rotatable bonds is 4. The van der Waals surface area contributed by atoms with E-state index in [-0.39, 0.29) is 17.4 Å². The first kappa shape index (κ1) is 12.6. The van der Waals surface area contributed by atoms with Crippen LogP contribution in [0.3, 0.4) is 0 Å². The number of carbonyl (C=O) groups excluding carboxylic acids is 1. The number of hydrogen-bond acceptors (Lipinski definition) is 3. The van der Waals surface area contributed by atoms with E-state index in [1.54, 1.807) is 11.3 Å². The second-order valence-electron chi connectivity index (χ2n) is 5.15. The Hall–Kier alpha value is -0.870. The van der Waals surface area contributed by atoms with E-state index in [1.807, 2.05) is 6.92 Å². The number of amides is 1. The minimum absolute atomic E-state index is 0.187. The van der Waals surface area contributed by atoms with Crippen LogP contribution in [0, 0.1) is 5.41 Å². The van der Waals surface area contributed by atoms with E-state index in [2.05, 4.69) is 35.1 Å². The third-order valence-corrected chi connectivity index (χ3v) is 4.28. The van der Waals surface area contributed by atoms with Crippen LogP contribution >= 0.6 is 11.3 Å². The SMILES string of the molecule is CC(Cc1cccs1)NC(=O)C1(C)CCNC1. The van der Waals surface area contributed by atoms with Crippen LogP contribution in [0.5, 0.6) is 0 Å². The lowest BCUT2D eigenvalue weighted by Crippen LogP contribution is -2.44. The third kappa shape index (κ3) is 3.07. The van der Waals surface area contributed by atoms with E-state index >= 15 is 0 Å². The van der Waals surface area contributed by atoms with Crippen molar-refractivity contribution in [2.45, 2.75) is 32.7 Å². The summed E-state index contributed by atoms with van der Waals surface area (Å²) in [5, 5.41) is 8.46. The largest absolute Gasteiger partial charge is 0.353 e. The van der Waals surface area contributed by atoms with Crippen molar-refractivity contribution in [1.29, 1.82) is 0 Å². The molecule has 0 bridgehead atoms. The quantitative estimate of drug-likeness (QED) is 0.858. The van der Waals surface area contributed by atoms with Crippen LogP contribution in [0.2, 0.25) is 0 Å². The highest BCUT2D eigenvalue weighted by Crippen LogP contribution is 2.24. The second-order valence-corrected chi connectivity index (χ2v) is 6.18. The fourth-order valence-electron chi connectivity index (χ4n) is 2.19. The van der Waals surface area contributed by atoms with Gasteiger partial charge in [-0.2, -0.15) is 0 Å². The van der Waals surface area contributed by atoms with Gasteiger partial charge in [-0.1, -0.05) is 6.07 Å². The maximum atomic E-state index is 12.2. The van der Waals surface area contributed by atoms with Crippen LogP contribution < -0.4 is 10.6 Å². The van der Waals surface area contributed by atoms with Gasteiger partial charge in [0.15, 0.2) is 0 Å². The molecule has 0 saturated carbocycles. The highest BCUT2D eigenvalue weighted by molar-refractivity contribution is 7.09. The lowest BCUT2D eigenvalue weighted by atomic mass is 9.88. The highest BCUT2D eigenvalue weighted by atomic mass is 32.1. The molecule has 1 aromatic heterocycles. The minimum atomic E-state index is -0.219. The van der Waals surface area contributed by atoms with Crippen LogP contribution in [-0.2, 0) is 11.2 Å². The van der Waals surface area contributed by atoms with Gasteiger partial charge in [0, 0.05) is 23.9 Å². The zero-order valence-electron chi connectivity index (χ0n) is 10.5. The summed E-state index contributed by atoms with van der Waals surface area (Å²) < 4.78 is 0. The topological polar surface area (TPSA) is 41.1 Å². The molecule has 2 atom stereocenters. The first-order chi connectivity index (χ1) is 8.10. The van der Waals surface area contributed by atoms with Crippen molar-refractivity contribution >= 4 is 17.2 Å². The van der Waals surface area contributed by atoms with Crippen LogP contribution in [0.1, 0.15) is 25.1 Å². The van der Waals surface area contributed by atoms with Gasteiger partial charge in [-0.25, -0.2) is 0 Å². The summed E-state index contributed by atoms with van der Waals surface area (Å²) in [6.07, 6.45) is 1.86. The predicted molar refractivity (Wildman–Crippen MR) is 71.2 cm³/mol. The Labute approximate surface area is 107 Å². The molecule has 2 N–H and O–H groups in total. The molecule has 0 radical (unpaired) electrons. The van der Waals surface area contributed by atoms with E-state index in [4.69, 9.17) is 0 Å². The standard InChI is InChI=1S/C13H20N2OS/c1-10(8-11-4-3-7-17-11)15-12(16)13(2)5-6-14-9-13/h3-4,7,10,14H,5-6,8-9H2,1-2H3,(H,15,16). The van der Waals surface area contributed by atoms with E-state index in [0.717, 1.165) is 25.9 Å². The summed E-state index contributed by atoms with van der Waals surface area (Å²) in [6, 6.07) is 4.38. The van der Waals surface area contributed by atoms with Crippen molar-refractivity contribution in [3.8, 4) is 0 Å². The van der Waals surface area contributed by atoms with E-state index in [1.165, 1.54) is 4.88 Å². The van der Waals surface area contributed by atoms with E-state index in [0.29, 0.717) is 0 Å². The van der Waals surface area contributed by atoms with Crippen LogP contribution in [-0.4, -0.2) is 25.0 Å². The molecule has 1 amide bonds.